The van der Waals surface area contributed by atoms with Gasteiger partial charge in [-0.2, -0.15) is 0 Å². The zero-order chi connectivity index (χ0) is 32.8. The number of hydrogen-bond donors (Lipinski definition) is 1. The molecule has 0 aliphatic carbocycles. The Balaban J connectivity index is 1.84. The predicted octanol–water partition coefficient (Wildman–Crippen LogP) is 7.05. The average molecular weight is 667 g/mol. The smallest absolute Gasteiger partial charge is 0.264 e. The molecule has 45 heavy (non-hydrogen) atoms. The Morgan fingerprint density at radius 1 is 0.800 bits per heavy atom. The highest BCUT2D eigenvalue weighted by atomic mass is 35.5. The van der Waals surface area contributed by atoms with E-state index in [1.807, 2.05) is 82.3 Å². The molecule has 0 aliphatic rings. The van der Waals surface area contributed by atoms with Crippen LogP contribution in [0.4, 0.5) is 5.69 Å². The Hall–Kier alpha value is -3.85. The fraction of sp³-hybridized carbons (Fsp3) is 0.257. The molecule has 0 spiro atoms. The first kappa shape index (κ1) is 34.0. The van der Waals surface area contributed by atoms with E-state index in [0.717, 1.165) is 21.0 Å². The van der Waals surface area contributed by atoms with Crippen LogP contribution in [0, 0.1) is 6.92 Å². The van der Waals surface area contributed by atoms with Crippen LogP contribution in [0.2, 0.25) is 10.0 Å². The van der Waals surface area contributed by atoms with Gasteiger partial charge in [0.25, 0.3) is 10.0 Å². The number of nitrogens with zero attached hydrogens (tertiary/aromatic N) is 2. The first-order valence-electron chi connectivity index (χ1n) is 14.5. The van der Waals surface area contributed by atoms with Crippen molar-refractivity contribution < 1.29 is 18.0 Å². The van der Waals surface area contributed by atoms with Gasteiger partial charge in [0, 0.05) is 18.5 Å². The summed E-state index contributed by atoms with van der Waals surface area (Å²) < 4.78 is 29.2. The number of halogens is 2. The maximum Gasteiger partial charge on any atom is 0.264 e. The molecule has 2 amide bonds. The second-order valence-electron chi connectivity index (χ2n) is 11.8. The zero-order valence-electron chi connectivity index (χ0n) is 25.7. The second kappa shape index (κ2) is 14.5. The van der Waals surface area contributed by atoms with E-state index in [1.165, 1.54) is 23.1 Å². The van der Waals surface area contributed by atoms with Crippen molar-refractivity contribution in [1.29, 1.82) is 0 Å². The Morgan fingerprint density at radius 2 is 1.40 bits per heavy atom. The van der Waals surface area contributed by atoms with Gasteiger partial charge >= 0.3 is 0 Å². The third kappa shape index (κ3) is 8.87. The van der Waals surface area contributed by atoms with Crippen molar-refractivity contribution in [3.63, 3.8) is 0 Å². The molecule has 1 atom stereocenters. The van der Waals surface area contributed by atoms with Gasteiger partial charge in [-0.25, -0.2) is 8.42 Å². The number of amides is 2. The third-order valence-corrected chi connectivity index (χ3v) is 9.64. The molecule has 4 aromatic rings. The van der Waals surface area contributed by atoms with Gasteiger partial charge in [-0.15, -0.1) is 0 Å². The van der Waals surface area contributed by atoms with Gasteiger partial charge in [-0.1, -0.05) is 108 Å². The van der Waals surface area contributed by atoms with Gasteiger partial charge in [0.05, 0.1) is 20.6 Å². The summed E-state index contributed by atoms with van der Waals surface area (Å²) in [5.41, 5.74) is 2.14. The van der Waals surface area contributed by atoms with E-state index >= 15 is 0 Å². The molecule has 10 heteroatoms. The number of nitrogens with one attached hydrogen (secondary N) is 1. The molecule has 4 aromatic carbocycles. The van der Waals surface area contributed by atoms with Crippen LogP contribution in [0.25, 0.3) is 0 Å². The van der Waals surface area contributed by atoms with Crippen LogP contribution in [0.3, 0.4) is 0 Å². The van der Waals surface area contributed by atoms with E-state index < -0.39 is 34.1 Å². The van der Waals surface area contributed by atoms with Crippen LogP contribution in [-0.4, -0.2) is 43.3 Å². The summed E-state index contributed by atoms with van der Waals surface area (Å²) in [5.74, 6) is -0.943. The van der Waals surface area contributed by atoms with Gasteiger partial charge in [0.15, 0.2) is 0 Å². The van der Waals surface area contributed by atoms with Crippen molar-refractivity contribution in [2.45, 2.75) is 57.1 Å². The minimum Gasteiger partial charge on any atom is -0.350 e. The van der Waals surface area contributed by atoms with Crippen molar-refractivity contribution in [3.05, 3.63) is 130 Å². The number of aryl methyl sites for hydroxylation is 1. The summed E-state index contributed by atoms with van der Waals surface area (Å²) in [5, 5.41) is 3.15. The third-order valence-electron chi connectivity index (χ3n) is 7.05. The molecule has 0 aromatic heterocycles. The molecule has 1 N–H and O–H groups in total. The van der Waals surface area contributed by atoms with E-state index in [2.05, 4.69) is 5.32 Å². The van der Waals surface area contributed by atoms with Gasteiger partial charge in [0.2, 0.25) is 11.8 Å². The lowest BCUT2D eigenvalue weighted by molar-refractivity contribution is -0.140. The van der Waals surface area contributed by atoms with E-state index in [9.17, 15) is 18.0 Å². The highest BCUT2D eigenvalue weighted by Crippen LogP contribution is 2.35. The van der Waals surface area contributed by atoms with Crippen LogP contribution in [0.1, 0.15) is 37.5 Å². The summed E-state index contributed by atoms with van der Waals surface area (Å²) in [6, 6.07) is 28.5. The summed E-state index contributed by atoms with van der Waals surface area (Å²) in [6.07, 6.45) is 0.212. The summed E-state index contributed by atoms with van der Waals surface area (Å²) in [4.78, 5) is 29.9. The molecule has 0 heterocycles. The van der Waals surface area contributed by atoms with Crippen LogP contribution >= 0.6 is 23.2 Å². The van der Waals surface area contributed by atoms with Crippen LogP contribution in [0.5, 0.6) is 0 Å². The minimum absolute atomic E-state index is 0.0112. The molecule has 0 saturated heterocycles. The maximum absolute atomic E-state index is 14.5. The molecule has 0 fully saturated rings. The molecule has 0 radical (unpaired) electrons. The standard InChI is InChI=1S/C35H37Cl2N3O4S/c1-25-18-20-27(21-19-25)23-39(31(34(42)38-35(2,3)4)22-26-12-7-5-8-13-26)32(41)24-40(30-17-11-16-29(36)33(30)37)45(43,44)28-14-9-6-10-15-28/h5-21,31H,22-24H2,1-4H3,(H,38,42). The molecule has 236 valence electrons. The summed E-state index contributed by atoms with van der Waals surface area (Å²) in [7, 11) is -4.29. The van der Waals surface area contributed by atoms with Crippen LogP contribution < -0.4 is 9.62 Å². The molecule has 7 nitrogen and oxygen atoms in total. The number of anilines is 1. The fourth-order valence-corrected chi connectivity index (χ4v) is 6.71. The van der Waals surface area contributed by atoms with Crippen molar-refractivity contribution in [2.24, 2.45) is 0 Å². The number of sulfonamides is 1. The van der Waals surface area contributed by atoms with Gasteiger partial charge < -0.3 is 10.2 Å². The minimum atomic E-state index is -4.29. The average Bonchev–Trinajstić information content (AvgIpc) is 3.00. The van der Waals surface area contributed by atoms with Gasteiger partial charge in [0.1, 0.15) is 12.6 Å². The largest absolute Gasteiger partial charge is 0.350 e. The first-order valence-corrected chi connectivity index (χ1v) is 16.7. The van der Waals surface area contributed by atoms with E-state index in [-0.39, 0.29) is 39.5 Å². The number of carbonyl (C=O) groups excluding carboxylic acids is 2. The van der Waals surface area contributed by atoms with E-state index in [0.29, 0.717) is 0 Å². The summed E-state index contributed by atoms with van der Waals surface area (Å²) in [6.45, 7) is 7.00. The number of carbonyl (C=O) groups is 2. The number of rotatable bonds is 11. The molecule has 0 aliphatic heterocycles. The highest BCUT2D eigenvalue weighted by molar-refractivity contribution is 7.92. The number of benzene rings is 4. The second-order valence-corrected chi connectivity index (χ2v) is 14.5. The first-order chi connectivity index (χ1) is 21.3. The molecule has 0 saturated carbocycles. The Labute approximate surface area is 275 Å². The molecular formula is C35H37Cl2N3O4S. The Morgan fingerprint density at radius 3 is 2.00 bits per heavy atom. The van der Waals surface area contributed by atoms with Crippen molar-refractivity contribution in [1.82, 2.24) is 10.2 Å². The van der Waals surface area contributed by atoms with Crippen LogP contribution in [-0.2, 0) is 32.6 Å². The highest BCUT2D eigenvalue weighted by Gasteiger charge is 2.36. The predicted molar refractivity (Wildman–Crippen MR) is 181 cm³/mol. The van der Waals surface area contributed by atoms with Gasteiger partial charge in [-0.3, -0.25) is 13.9 Å². The van der Waals surface area contributed by atoms with Crippen molar-refractivity contribution in [3.8, 4) is 0 Å². The zero-order valence-corrected chi connectivity index (χ0v) is 28.0. The fourth-order valence-electron chi connectivity index (χ4n) is 4.82. The molecule has 1 unspecified atom stereocenters. The summed E-state index contributed by atoms with van der Waals surface area (Å²) >= 11 is 12.9. The molecule has 0 bridgehead atoms. The van der Waals surface area contributed by atoms with Gasteiger partial charge in [-0.05, 0) is 63.1 Å². The Bertz CT molecular complexity index is 1730. The van der Waals surface area contributed by atoms with E-state index in [1.54, 1.807) is 30.3 Å². The number of hydrogen-bond acceptors (Lipinski definition) is 4. The van der Waals surface area contributed by atoms with Crippen molar-refractivity contribution in [2.75, 3.05) is 10.8 Å². The van der Waals surface area contributed by atoms with Crippen molar-refractivity contribution >= 4 is 50.7 Å². The lowest BCUT2D eigenvalue weighted by Crippen LogP contribution is -2.56. The molecule has 4 rings (SSSR count). The lowest BCUT2D eigenvalue weighted by atomic mass is 10.0. The van der Waals surface area contributed by atoms with E-state index in [4.69, 9.17) is 23.2 Å². The lowest BCUT2D eigenvalue weighted by Gasteiger charge is -2.35. The quantitative estimate of drug-likeness (QED) is 0.186. The topological polar surface area (TPSA) is 86.8 Å². The van der Waals surface area contributed by atoms with Crippen LogP contribution in [0.15, 0.2) is 108 Å². The normalized spacial score (nSPS) is 12.3. The Kier molecular flexibility index (Phi) is 11.0. The molecular weight excluding hydrogens is 629 g/mol. The maximum atomic E-state index is 14.5. The SMILES string of the molecule is Cc1ccc(CN(C(=O)CN(c2cccc(Cl)c2Cl)S(=O)(=O)c2ccccc2)C(Cc2ccccc2)C(=O)NC(C)(C)C)cc1. The monoisotopic (exact) mass is 665 g/mol.